The van der Waals surface area contributed by atoms with Crippen LogP contribution in [0.1, 0.15) is 5.56 Å². The zero-order valence-electron chi connectivity index (χ0n) is 11.3. The lowest BCUT2D eigenvalue weighted by Crippen LogP contribution is -1.87. The van der Waals surface area contributed by atoms with E-state index in [1.54, 1.807) is 25.3 Å². The average Bonchev–Trinajstić information content (AvgIpc) is 3.05. The van der Waals surface area contributed by atoms with Gasteiger partial charge in [0, 0.05) is 11.1 Å². The zero-order chi connectivity index (χ0) is 14.7. The van der Waals surface area contributed by atoms with E-state index >= 15 is 0 Å². The summed E-state index contributed by atoms with van der Waals surface area (Å²) in [6, 6.07) is 16.7. The molecule has 0 spiro atoms. The smallest absolute Gasteiger partial charge is 0.258 e. The Labute approximate surface area is 121 Å². The highest BCUT2D eigenvalue weighted by molar-refractivity contribution is 5.63. The molecule has 3 aromatic rings. The summed E-state index contributed by atoms with van der Waals surface area (Å²) in [5.74, 6) is 1.43. The molecule has 102 valence electrons. The predicted molar refractivity (Wildman–Crippen MR) is 76.4 cm³/mol. The van der Waals surface area contributed by atoms with E-state index in [-0.39, 0.29) is 0 Å². The molecular formula is C16H11N3O2. The summed E-state index contributed by atoms with van der Waals surface area (Å²) in [6.07, 6.45) is 0. The van der Waals surface area contributed by atoms with Crippen LogP contribution >= 0.6 is 0 Å². The summed E-state index contributed by atoms with van der Waals surface area (Å²) < 4.78 is 10.4. The maximum atomic E-state index is 9.04. The molecule has 0 unspecified atom stereocenters. The predicted octanol–water partition coefficient (Wildman–Crippen LogP) is 3.28. The van der Waals surface area contributed by atoms with Crippen LogP contribution < -0.4 is 4.74 Å². The number of aromatic nitrogens is 2. The van der Waals surface area contributed by atoms with Crippen molar-refractivity contribution in [1.29, 1.82) is 5.26 Å². The molecule has 0 atom stereocenters. The highest BCUT2D eigenvalue weighted by Gasteiger charge is 2.12. The lowest BCUT2D eigenvalue weighted by Gasteiger charge is -2.01. The molecule has 0 amide bonds. The minimum Gasteiger partial charge on any atom is -0.497 e. The fraction of sp³-hybridized carbons (Fsp3) is 0.0625. The standard InChI is InChI=1S/C16H11N3O2/c1-20-14-8-11(10-17)7-13(9-14)16-18-15(19-21-16)12-5-3-2-4-6-12/h2-9H,1H3. The first kappa shape index (κ1) is 12.9. The summed E-state index contributed by atoms with van der Waals surface area (Å²) in [7, 11) is 1.55. The van der Waals surface area contributed by atoms with E-state index in [0.717, 1.165) is 5.56 Å². The third-order valence-corrected chi connectivity index (χ3v) is 2.98. The molecule has 5 nitrogen and oxygen atoms in total. The van der Waals surface area contributed by atoms with Crippen LogP contribution in [0.15, 0.2) is 53.1 Å². The average molecular weight is 277 g/mol. The number of hydrogen-bond acceptors (Lipinski definition) is 5. The number of nitrogens with zero attached hydrogens (tertiary/aromatic N) is 3. The van der Waals surface area contributed by atoms with Crippen molar-refractivity contribution in [3.05, 3.63) is 54.1 Å². The van der Waals surface area contributed by atoms with Crippen molar-refractivity contribution in [2.24, 2.45) is 0 Å². The maximum absolute atomic E-state index is 9.04. The third kappa shape index (κ3) is 2.60. The van der Waals surface area contributed by atoms with Gasteiger partial charge in [-0.3, -0.25) is 0 Å². The first-order valence-corrected chi connectivity index (χ1v) is 6.29. The molecule has 0 saturated carbocycles. The van der Waals surface area contributed by atoms with Gasteiger partial charge >= 0.3 is 0 Å². The van der Waals surface area contributed by atoms with E-state index in [1.807, 2.05) is 30.3 Å². The molecule has 21 heavy (non-hydrogen) atoms. The van der Waals surface area contributed by atoms with Crippen molar-refractivity contribution in [3.8, 4) is 34.7 Å². The van der Waals surface area contributed by atoms with Crippen LogP contribution in [-0.4, -0.2) is 17.3 Å². The summed E-state index contributed by atoms with van der Waals surface area (Å²) in [5.41, 5.74) is 2.00. The molecule has 0 radical (unpaired) electrons. The van der Waals surface area contributed by atoms with Crippen molar-refractivity contribution < 1.29 is 9.26 Å². The molecule has 1 heterocycles. The van der Waals surface area contributed by atoms with Crippen molar-refractivity contribution in [2.45, 2.75) is 0 Å². The molecule has 0 aliphatic rings. The van der Waals surface area contributed by atoms with Gasteiger partial charge in [0.1, 0.15) is 5.75 Å². The molecule has 2 aromatic carbocycles. The van der Waals surface area contributed by atoms with Crippen molar-refractivity contribution in [3.63, 3.8) is 0 Å². The first-order chi connectivity index (χ1) is 10.3. The second kappa shape index (κ2) is 5.47. The Balaban J connectivity index is 2.02. The van der Waals surface area contributed by atoms with E-state index in [4.69, 9.17) is 14.5 Å². The van der Waals surface area contributed by atoms with Crippen molar-refractivity contribution in [1.82, 2.24) is 10.1 Å². The SMILES string of the molecule is COc1cc(C#N)cc(-c2nc(-c3ccccc3)no2)c1. The Kier molecular flexibility index (Phi) is 3.36. The Morgan fingerprint density at radius 1 is 1.10 bits per heavy atom. The van der Waals surface area contributed by atoms with Crippen molar-refractivity contribution in [2.75, 3.05) is 7.11 Å². The fourth-order valence-electron chi connectivity index (χ4n) is 1.95. The number of rotatable bonds is 3. The van der Waals surface area contributed by atoms with Gasteiger partial charge in [0.05, 0.1) is 18.7 Å². The topological polar surface area (TPSA) is 71.9 Å². The summed E-state index contributed by atoms with van der Waals surface area (Å²) in [6.45, 7) is 0. The van der Waals surface area contributed by atoms with Gasteiger partial charge in [-0.05, 0) is 18.2 Å². The number of nitriles is 1. The highest BCUT2D eigenvalue weighted by Crippen LogP contribution is 2.26. The summed E-state index contributed by atoms with van der Waals surface area (Å²) in [4.78, 5) is 4.36. The molecule has 0 aliphatic carbocycles. The monoisotopic (exact) mass is 277 g/mol. The van der Waals surface area contributed by atoms with Crippen LogP contribution in [0.5, 0.6) is 5.75 Å². The third-order valence-electron chi connectivity index (χ3n) is 2.98. The quantitative estimate of drug-likeness (QED) is 0.734. The van der Waals surface area contributed by atoms with Gasteiger partial charge in [-0.1, -0.05) is 35.5 Å². The second-order valence-corrected chi connectivity index (χ2v) is 4.35. The number of hydrogen-bond donors (Lipinski definition) is 0. The number of benzene rings is 2. The van der Waals surface area contributed by atoms with Crippen LogP contribution in [0.3, 0.4) is 0 Å². The van der Waals surface area contributed by atoms with E-state index in [9.17, 15) is 0 Å². The Morgan fingerprint density at radius 2 is 1.90 bits per heavy atom. The maximum Gasteiger partial charge on any atom is 0.258 e. The van der Waals surface area contributed by atoms with Crippen LogP contribution in [0.2, 0.25) is 0 Å². The summed E-state index contributed by atoms with van der Waals surface area (Å²) in [5, 5.41) is 13.0. The molecule has 3 rings (SSSR count). The van der Waals surface area contributed by atoms with Crippen LogP contribution in [0.25, 0.3) is 22.8 Å². The lowest BCUT2D eigenvalue weighted by atomic mass is 10.1. The first-order valence-electron chi connectivity index (χ1n) is 6.29. The number of methoxy groups -OCH3 is 1. The molecule has 5 heteroatoms. The van der Waals surface area contributed by atoms with E-state index in [0.29, 0.717) is 28.6 Å². The van der Waals surface area contributed by atoms with Gasteiger partial charge in [0.25, 0.3) is 5.89 Å². The van der Waals surface area contributed by atoms with Crippen LogP contribution in [-0.2, 0) is 0 Å². The Bertz CT molecular complexity index is 804. The molecular weight excluding hydrogens is 266 g/mol. The Morgan fingerprint density at radius 3 is 2.62 bits per heavy atom. The molecule has 0 aliphatic heterocycles. The summed E-state index contributed by atoms with van der Waals surface area (Å²) >= 11 is 0. The molecule has 1 aromatic heterocycles. The molecule has 0 bridgehead atoms. The van der Waals surface area contributed by atoms with E-state index in [2.05, 4.69) is 16.2 Å². The zero-order valence-corrected chi connectivity index (χ0v) is 11.3. The second-order valence-electron chi connectivity index (χ2n) is 4.35. The van der Waals surface area contributed by atoms with E-state index in [1.165, 1.54) is 0 Å². The van der Waals surface area contributed by atoms with Crippen molar-refractivity contribution >= 4 is 0 Å². The molecule has 0 N–H and O–H groups in total. The van der Waals surface area contributed by atoms with Gasteiger partial charge in [0.2, 0.25) is 5.82 Å². The largest absolute Gasteiger partial charge is 0.497 e. The number of ether oxygens (including phenoxy) is 1. The van der Waals surface area contributed by atoms with Gasteiger partial charge in [-0.2, -0.15) is 10.2 Å². The van der Waals surface area contributed by atoms with Gasteiger partial charge < -0.3 is 9.26 Å². The molecule has 0 fully saturated rings. The van der Waals surface area contributed by atoms with Crippen LogP contribution in [0, 0.1) is 11.3 Å². The van der Waals surface area contributed by atoms with Gasteiger partial charge in [0.15, 0.2) is 0 Å². The normalized spacial score (nSPS) is 10.1. The van der Waals surface area contributed by atoms with Gasteiger partial charge in [-0.25, -0.2) is 0 Å². The Hall–Kier alpha value is -3.13. The fourth-order valence-corrected chi connectivity index (χ4v) is 1.95. The van der Waals surface area contributed by atoms with E-state index < -0.39 is 0 Å². The van der Waals surface area contributed by atoms with Gasteiger partial charge in [-0.15, -0.1) is 0 Å². The minimum atomic E-state index is 0.351. The molecule has 0 saturated heterocycles. The highest BCUT2D eigenvalue weighted by atomic mass is 16.5. The van der Waals surface area contributed by atoms with Crippen LogP contribution in [0.4, 0.5) is 0 Å². The lowest BCUT2D eigenvalue weighted by molar-refractivity contribution is 0.413. The minimum absolute atomic E-state index is 0.351.